The summed E-state index contributed by atoms with van der Waals surface area (Å²) in [6.07, 6.45) is 0. The molecule has 0 aliphatic carbocycles. The smallest absolute Gasteiger partial charge is 0.244 e. The third-order valence-electron chi connectivity index (χ3n) is 2.16. The van der Waals surface area contributed by atoms with Crippen molar-refractivity contribution in [1.82, 2.24) is 0 Å². The van der Waals surface area contributed by atoms with E-state index in [0.29, 0.717) is 5.56 Å². The molecule has 0 aromatic heterocycles. The molecule has 90 valence electrons. The van der Waals surface area contributed by atoms with E-state index in [9.17, 15) is 13.0 Å². The fraction of sp³-hybridized carbons (Fsp3) is 0.400. The number of hydrogen-bond donors (Lipinski definition) is 1. The molecule has 1 aromatic carbocycles. The second-order valence-corrected chi connectivity index (χ2v) is 6.20. The van der Waals surface area contributed by atoms with Crippen molar-refractivity contribution in [2.24, 2.45) is 0 Å². The average molecular weight is 268 g/mol. The SMILES string of the molecule is CC(C)c1cc(Cl)cc(S(=N)(=O)C(F)F)c1. The molecule has 0 saturated heterocycles. The minimum absolute atomic E-state index is 0.0744. The van der Waals surface area contributed by atoms with Crippen LogP contribution in [0.5, 0.6) is 0 Å². The summed E-state index contributed by atoms with van der Waals surface area (Å²) in [7, 11) is -4.07. The molecule has 0 spiro atoms. The maximum absolute atomic E-state index is 12.5. The topological polar surface area (TPSA) is 40.9 Å². The second kappa shape index (κ2) is 4.67. The highest BCUT2D eigenvalue weighted by Crippen LogP contribution is 2.27. The molecule has 0 aliphatic heterocycles. The quantitative estimate of drug-likeness (QED) is 0.880. The Morgan fingerprint density at radius 2 is 1.88 bits per heavy atom. The molecular weight excluding hydrogens is 256 g/mol. The monoisotopic (exact) mass is 267 g/mol. The Morgan fingerprint density at radius 3 is 2.31 bits per heavy atom. The molecule has 0 amide bonds. The zero-order valence-corrected chi connectivity index (χ0v) is 10.4. The Balaban J connectivity index is 3.36. The molecule has 0 fully saturated rings. The van der Waals surface area contributed by atoms with Gasteiger partial charge in [0.2, 0.25) is 0 Å². The van der Waals surface area contributed by atoms with Gasteiger partial charge in [-0.05, 0) is 29.7 Å². The Bertz CT molecular complexity index is 486. The Morgan fingerprint density at radius 1 is 1.31 bits per heavy atom. The first-order valence-corrected chi connectivity index (χ1v) is 6.61. The van der Waals surface area contributed by atoms with Gasteiger partial charge in [0.1, 0.15) is 9.73 Å². The van der Waals surface area contributed by atoms with Crippen molar-refractivity contribution >= 4 is 21.3 Å². The van der Waals surface area contributed by atoms with Gasteiger partial charge < -0.3 is 0 Å². The first-order chi connectivity index (χ1) is 7.25. The average Bonchev–Trinajstić information content (AvgIpc) is 2.16. The molecule has 6 heteroatoms. The van der Waals surface area contributed by atoms with Gasteiger partial charge in [-0.25, -0.2) is 8.99 Å². The van der Waals surface area contributed by atoms with Gasteiger partial charge in [0.15, 0.2) is 0 Å². The third kappa shape index (κ3) is 2.71. The van der Waals surface area contributed by atoms with Gasteiger partial charge in [-0.2, -0.15) is 8.78 Å². The maximum Gasteiger partial charge on any atom is 0.323 e. The number of nitrogens with one attached hydrogen (secondary N) is 1. The molecule has 1 N–H and O–H groups in total. The van der Waals surface area contributed by atoms with Gasteiger partial charge in [-0.15, -0.1) is 0 Å². The number of halogens is 3. The van der Waals surface area contributed by atoms with Crippen molar-refractivity contribution in [3.05, 3.63) is 28.8 Å². The fourth-order valence-corrected chi connectivity index (χ4v) is 2.32. The van der Waals surface area contributed by atoms with Crippen LogP contribution in [0.3, 0.4) is 0 Å². The number of benzene rings is 1. The Hall–Kier alpha value is -0.680. The van der Waals surface area contributed by atoms with Gasteiger partial charge in [0, 0.05) is 5.02 Å². The summed E-state index contributed by atoms with van der Waals surface area (Å²) in [5.41, 5.74) is 0.697. The second-order valence-electron chi connectivity index (χ2n) is 3.74. The molecule has 0 aliphatic rings. The fourth-order valence-electron chi connectivity index (χ4n) is 1.20. The van der Waals surface area contributed by atoms with Gasteiger partial charge in [-0.3, -0.25) is 0 Å². The van der Waals surface area contributed by atoms with Gasteiger partial charge in [0.25, 0.3) is 0 Å². The van der Waals surface area contributed by atoms with Crippen LogP contribution in [-0.4, -0.2) is 9.97 Å². The van der Waals surface area contributed by atoms with Crippen molar-refractivity contribution in [3.63, 3.8) is 0 Å². The molecule has 1 atom stereocenters. The van der Waals surface area contributed by atoms with E-state index in [-0.39, 0.29) is 15.8 Å². The minimum Gasteiger partial charge on any atom is -0.244 e. The van der Waals surface area contributed by atoms with Crippen molar-refractivity contribution < 1.29 is 13.0 Å². The summed E-state index contributed by atoms with van der Waals surface area (Å²) in [5.74, 6) is -3.13. The highest BCUT2D eigenvalue weighted by Gasteiger charge is 2.23. The maximum atomic E-state index is 12.5. The molecule has 1 aromatic rings. The van der Waals surface area contributed by atoms with E-state index in [0.717, 1.165) is 6.07 Å². The van der Waals surface area contributed by atoms with Crippen LogP contribution in [0, 0.1) is 4.78 Å². The molecular formula is C10H12ClF2NOS. The van der Waals surface area contributed by atoms with Crippen molar-refractivity contribution in [2.45, 2.75) is 30.4 Å². The predicted octanol–water partition coefficient (Wildman–Crippen LogP) is 4.09. The molecule has 1 unspecified atom stereocenters. The van der Waals surface area contributed by atoms with E-state index < -0.39 is 15.5 Å². The Kier molecular flexibility index (Phi) is 3.91. The van der Waals surface area contributed by atoms with Crippen LogP contribution in [0.15, 0.2) is 23.1 Å². The largest absolute Gasteiger partial charge is 0.323 e. The summed E-state index contributed by atoms with van der Waals surface area (Å²) in [6, 6.07) is 4.14. The van der Waals surface area contributed by atoms with E-state index in [1.807, 2.05) is 13.8 Å². The first kappa shape index (κ1) is 13.4. The normalized spacial score (nSPS) is 15.4. The predicted molar refractivity (Wildman–Crippen MR) is 60.7 cm³/mol. The summed E-state index contributed by atoms with van der Waals surface area (Å²) in [5, 5.41) is 0.224. The highest BCUT2D eigenvalue weighted by molar-refractivity contribution is 7.92. The highest BCUT2D eigenvalue weighted by atomic mass is 35.5. The van der Waals surface area contributed by atoms with Crippen LogP contribution in [0.25, 0.3) is 0 Å². The zero-order chi connectivity index (χ0) is 12.5. The van der Waals surface area contributed by atoms with E-state index >= 15 is 0 Å². The number of alkyl halides is 2. The summed E-state index contributed by atoms with van der Waals surface area (Å²) >= 11 is 5.75. The molecule has 0 heterocycles. The van der Waals surface area contributed by atoms with E-state index in [2.05, 4.69) is 0 Å². The Labute approximate surface area is 98.6 Å². The third-order valence-corrected chi connectivity index (χ3v) is 3.82. The molecule has 2 nitrogen and oxygen atoms in total. The molecule has 0 saturated carbocycles. The van der Waals surface area contributed by atoms with Crippen LogP contribution >= 0.6 is 11.6 Å². The van der Waals surface area contributed by atoms with Gasteiger partial charge in [0.05, 0.1) is 4.90 Å². The number of hydrogen-bond acceptors (Lipinski definition) is 2. The van der Waals surface area contributed by atoms with Crippen LogP contribution < -0.4 is 0 Å². The van der Waals surface area contributed by atoms with Crippen molar-refractivity contribution in [2.75, 3.05) is 0 Å². The summed E-state index contributed by atoms with van der Waals surface area (Å²) in [4.78, 5) is -0.210. The van der Waals surface area contributed by atoms with Crippen LogP contribution in [0.1, 0.15) is 25.3 Å². The lowest BCUT2D eigenvalue weighted by atomic mass is 10.0. The lowest BCUT2D eigenvalue weighted by molar-refractivity contribution is 0.241. The van der Waals surface area contributed by atoms with Gasteiger partial charge in [-0.1, -0.05) is 25.4 Å². The van der Waals surface area contributed by atoms with Gasteiger partial charge >= 0.3 is 5.76 Å². The molecule has 16 heavy (non-hydrogen) atoms. The van der Waals surface area contributed by atoms with Crippen molar-refractivity contribution in [3.8, 4) is 0 Å². The van der Waals surface area contributed by atoms with Crippen LogP contribution in [0.2, 0.25) is 5.02 Å². The summed E-state index contributed by atoms with van der Waals surface area (Å²) in [6.45, 7) is 3.73. The lowest BCUT2D eigenvalue weighted by Gasteiger charge is -2.11. The van der Waals surface area contributed by atoms with Crippen LogP contribution in [0.4, 0.5) is 8.78 Å². The first-order valence-electron chi connectivity index (χ1n) is 4.61. The van der Waals surface area contributed by atoms with Crippen LogP contribution in [-0.2, 0) is 9.73 Å². The lowest BCUT2D eigenvalue weighted by Crippen LogP contribution is -2.10. The minimum atomic E-state index is -4.07. The van der Waals surface area contributed by atoms with E-state index in [4.69, 9.17) is 16.4 Å². The molecule has 0 bridgehead atoms. The zero-order valence-electron chi connectivity index (χ0n) is 8.84. The molecule has 0 radical (unpaired) electrons. The standard InChI is InChI=1S/C10H12ClF2NOS/c1-6(2)7-3-8(11)5-9(4-7)16(14,15)10(12)13/h3-6,10,14H,1-2H3. The van der Waals surface area contributed by atoms with E-state index in [1.165, 1.54) is 6.07 Å². The summed E-state index contributed by atoms with van der Waals surface area (Å²) < 4.78 is 43.6. The molecule has 1 rings (SSSR count). The van der Waals surface area contributed by atoms with E-state index in [1.54, 1.807) is 6.07 Å². The number of rotatable bonds is 3. The van der Waals surface area contributed by atoms with Crippen molar-refractivity contribution in [1.29, 1.82) is 4.78 Å².